The zero-order valence-corrected chi connectivity index (χ0v) is 11.8. The van der Waals surface area contributed by atoms with Crippen molar-refractivity contribution in [2.75, 3.05) is 44.3 Å². The van der Waals surface area contributed by atoms with Gasteiger partial charge in [0.05, 0.1) is 13.0 Å². The van der Waals surface area contributed by atoms with Crippen LogP contribution in [0.1, 0.15) is 19.8 Å². The lowest BCUT2D eigenvalue weighted by atomic mass is 10.3. The van der Waals surface area contributed by atoms with Crippen molar-refractivity contribution >= 4 is 23.6 Å². The van der Waals surface area contributed by atoms with Gasteiger partial charge in [0, 0.05) is 44.1 Å². The smallest absolute Gasteiger partial charge is 0.306 e. The molecule has 0 unspecified atom stereocenters. The topological polar surface area (TPSA) is 58.6 Å². The lowest BCUT2D eigenvalue weighted by molar-refractivity contribution is -0.144. The fourth-order valence-corrected chi connectivity index (χ4v) is 2.69. The molecule has 0 aliphatic carbocycles. The summed E-state index contributed by atoms with van der Waals surface area (Å²) in [5.74, 6) is 1.98. The summed E-state index contributed by atoms with van der Waals surface area (Å²) in [5, 5.41) is 2.83. The molecule has 0 spiro atoms. The molecular weight excluding hydrogens is 252 g/mol. The van der Waals surface area contributed by atoms with Gasteiger partial charge in [0.25, 0.3) is 0 Å². The molecule has 1 N–H and O–H groups in total. The third-order valence-corrected chi connectivity index (χ3v) is 3.66. The highest BCUT2D eigenvalue weighted by Crippen LogP contribution is 2.07. The number of amides is 1. The van der Waals surface area contributed by atoms with E-state index >= 15 is 0 Å². The lowest BCUT2D eigenvalue weighted by Gasteiger charge is -2.25. The molecule has 1 heterocycles. The summed E-state index contributed by atoms with van der Waals surface area (Å²) in [4.78, 5) is 24.9. The first-order valence-corrected chi connectivity index (χ1v) is 7.60. The number of esters is 1. The number of hydrogen-bond acceptors (Lipinski definition) is 5. The molecule has 0 radical (unpaired) electrons. The largest absolute Gasteiger partial charge is 0.466 e. The van der Waals surface area contributed by atoms with Gasteiger partial charge in [0.2, 0.25) is 5.91 Å². The number of rotatable bonds is 7. The molecular formula is C12H22N2O3S. The maximum Gasteiger partial charge on any atom is 0.306 e. The maximum atomic E-state index is 11.5. The molecule has 1 rings (SSSR count). The highest BCUT2D eigenvalue weighted by molar-refractivity contribution is 7.99. The van der Waals surface area contributed by atoms with Crippen molar-refractivity contribution in [1.82, 2.24) is 10.2 Å². The minimum absolute atomic E-state index is 0.0746. The number of carbonyl (C=O) groups excluding carboxylic acids is 2. The number of ether oxygens (including phenoxy) is 1. The van der Waals surface area contributed by atoms with Gasteiger partial charge < -0.3 is 10.1 Å². The van der Waals surface area contributed by atoms with Gasteiger partial charge in [-0.1, -0.05) is 0 Å². The molecule has 5 nitrogen and oxygen atoms in total. The molecule has 0 saturated carbocycles. The Morgan fingerprint density at radius 3 is 2.67 bits per heavy atom. The maximum absolute atomic E-state index is 11.5. The lowest BCUT2D eigenvalue weighted by Crippen LogP contribution is -2.39. The van der Waals surface area contributed by atoms with Crippen LogP contribution in [0.15, 0.2) is 0 Å². The Morgan fingerprint density at radius 2 is 2.00 bits per heavy atom. The predicted molar refractivity (Wildman–Crippen MR) is 72.6 cm³/mol. The van der Waals surface area contributed by atoms with E-state index in [0.29, 0.717) is 13.2 Å². The standard InChI is InChI=1S/C12H22N2O3S/c1-2-17-12(16)4-3-11(15)13-5-6-14-7-9-18-10-8-14/h2-10H2,1H3,(H,13,15). The fraction of sp³-hybridized carbons (Fsp3) is 0.833. The molecule has 0 aromatic rings. The third kappa shape index (κ3) is 6.86. The van der Waals surface area contributed by atoms with Crippen LogP contribution in [0.4, 0.5) is 0 Å². The van der Waals surface area contributed by atoms with Gasteiger partial charge in [-0.2, -0.15) is 11.8 Å². The van der Waals surface area contributed by atoms with E-state index in [1.165, 1.54) is 11.5 Å². The molecule has 0 bridgehead atoms. The normalized spacial score (nSPS) is 16.3. The summed E-state index contributed by atoms with van der Waals surface area (Å²) in [6, 6.07) is 0. The van der Waals surface area contributed by atoms with Crippen LogP contribution in [0.3, 0.4) is 0 Å². The van der Waals surface area contributed by atoms with E-state index in [2.05, 4.69) is 10.2 Å². The second kappa shape index (κ2) is 9.22. The molecule has 6 heteroatoms. The summed E-state index contributed by atoms with van der Waals surface area (Å²) >= 11 is 1.97. The Bertz CT molecular complexity index is 268. The highest BCUT2D eigenvalue weighted by atomic mass is 32.2. The Hall–Kier alpha value is -0.750. The first-order chi connectivity index (χ1) is 8.72. The second-order valence-corrected chi connectivity index (χ2v) is 5.33. The van der Waals surface area contributed by atoms with Crippen LogP contribution in [0, 0.1) is 0 Å². The van der Waals surface area contributed by atoms with Crippen molar-refractivity contribution in [3.8, 4) is 0 Å². The Kier molecular flexibility index (Phi) is 7.84. The molecule has 1 fully saturated rings. The molecule has 0 aromatic heterocycles. The van der Waals surface area contributed by atoms with Crippen LogP contribution < -0.4 is 5.32 Å². The average Bonchev–Trinajstić information content (AvgIpc) is 2.38. The Morgan fingerprint density at radius 1 is 1.28 bits per heavy atom. The molecule has 1 aliphatic rings. The van der Waals surface area contributed by atoms with Crippen molar-refractivity contribution in [2.45, 2.75) is 19.8 Å². The van der Waals surface area contributed by atoms with Gasteiger partial charge in [0.1, 0.15) is 0 Å². The monoisotopic (exact) mass is 274 g/mol. The molecule has 0 atom stereocenters. The predicted octanol–water partition coefficient (Wildman–Crippen LogP) is 0.495. The first kappa shape index (κ1) is 15.3. The van der Waals surface area contributed by atoms with Crippen molar-refractivity contribution in [2.24, 2.45) is 0 Å². The Labute approximate surface area is 113 Å². The van der Waals surface area contributed by atoms with Crippen molar-refractivity contribution in [1.29, 1.82) is 0 Å². The van der Waals surface area contributed by atoms with Gasteiger partial charge >= 0.3 is 5.97 Å². The minimum atomic E-state index is -0.305. The van der Waals surface area contributed by atoms with E-state index in [4.69, 9.17) is 4.74 Å². The quantitative estimate of drug-likeness (QED) is 0.685. The van der Waals surface area contributed by atoms with Crippen LogP contribution in [0.25, 0.3) is 0 Å². The van der Waals surface area contributed by atoms with Crippen LogP contribution in [0.2, 0.25) is 0 Å². The van der Waals surface area contributed by atoms with E-state index in [1.807, 2.05) is 11.8 Å². The summed E-state index contributed by atoms with van der Waals surface area (Å²) in [6.45, 7) is 5.88. The van der Waals surface area contributed by atoms with E-state index in [-0.39, 0.29) is 24.7 Å². The fourth-order valence-electron chi connectivity index (χ4n) is 1.72. The van der Waals surface area contributed by atoms with Gasteiger partial charge in [-0.3, -0.25) is 14.5 Å². The van der Waals surface area contributed by atoms with Gasteiger partial charge in [-0.05, 0) is 6.92 Å². The van der Waals surface area contributed by atoms with Crippen LogP contribution in [-0.4, -0.2) is 61.1 Å². The number of thioether (sulfide) groups is 1. The average molecular weight is 274 g/mol. The van der Waals surface area contributed by atoms with Crippen molar-refractivity contribution < 1.29 is 14.3 Å². The van der Waals surface area contributed by atoms with Crippen LogP contribution in [-0.2, 0) is 14.3 Å². The molecule has 1 saturated heterocycles. The van der Waals surface area contributed by atoms with E-state index in [0.717, 1.165) is 19.6 Å². The molecule has 0 aromatic carbocycles. The van der Waals surface area contributed by atoms with Gasteiger partial charge in [-0.15, -0.1) is 0 Å². The summed E-state index contributed by atoms with van der Waals surface area (Å²) < 4.78 is 4.76. The number of nitrogens with zero attached hydrogens (tertiary/aromatic N) is 1. The third-order valence-electron chi connectivity index (χ3n) is 2.72. The zero-order valence-electron chi connectivity index (χ0n) is 10.9. The Balaban J connectivity index is 2.00. The first-order valence-electron chi connectivity index (χ1n) is 6.44. The van der Waals surface area contributed by atoms with Gasteiger partial charge in [0.15, 0.2) is 0 Å². The SMILES string of the molecule is CCOC(=O)CCC(=O)NCCN1CCSCC1. The number of nitrogens with one attached hydrogen (secondary N) is 1. The molecule has 1 amide bonds. The minimum Gasteiger partial charge on any atom is -0.466 e. The van der Waals surface area contributed by atoms with E-state index < -0.39 is 0 Å². The van der Waals surface area contributed by atoms with Crippen LogP contribution >= 0.6 is 11.8 Å². The van der Waals surface area contributed by atoms with Crippen LogP contribution in [0.5, 0.6) is 0 Å². The van der Waals surface area contributed by atoms with Gasteiger partial charge in [-0.25, -0.2) is 0 Å². The number of carbonyl (C=O) groups is 2. The van der Waals surface area contributed by atoms with Crippen molar-refractivity contribution in [3.05, 3.63) is 0 Å². The highest BCUT2D eigenvalue weighted by Gasteiger charge is 2.11. The summed E-state index contributed by atoms with van der Waals surface area (Å²) in [6.07, 6.45) is 0.384. The van der Waals surface area contributed by atoms with E-state index in [9.17, 15) is 9.59 Å². The molecule has 18 heavy (non-hydrogen) atoms. The van der Waals surface area contributed by atoms with E-state index in [1.54, 1.807) is 6.92 Å². The van der Waals surface area contributed by atoms with Crippen molar-refractivity contribution in [3.63, 3.8) is 0 Å². The zero-order chi connectivity index (χ0) is 13.2. The summed E-state index contributed by atoms with van der Waals surface area (Å²) in [5.41, 5.74) is 0. The summed E-state index contributed by atoms with van der Waals surface area (Å²) in [7, 11) is 0. The number of hydrogen-bond donors (Lipinski definition) is 1. The molecule has 1 aliphatic heterocycles. The second-order valence-electron chi connectivity index (χ2n) is 4.11. The molecule has 104 valence electrons.